The Morgan fingerprint density at radius 3 is 2.14 bits per heavy atom. The largest absolute Gasteiger partial charge is 0.754 e. The molecule has 0 aromatic carbocycles. The normalized spacial score (nSPS) is 10.8. The summed E-state index contributed by atoms with van der Waals surface area (Å²) in [6.45, 7) is 3.07. The van der Waals surface area contributed by atoms with Crippen molar-refractivity contribution in [3.63, 3.8) is 0 Å². The summed E-state index contributed by atoms with van der Waals surface area (Å²) in [6.07, 6.45) is 16.1. The molecular formula is C17H32N4O. The first-order chi connectivity index (χ1) is 10.8. The molecule has 5 heteroatoms. The summed E-state index contributed by atoms with van der Waals surface area (Å²) >= 11 is 0. The summed E-state index contributed by atoms with van der Waals surface area (Å²) in [5.41, 5.74) is 5.46. The summed E-state index contributed by atoms with van der Waals surface area (Å²) in [4.78, 5) is 3.74. The molecule has 22 heavy (non-hydrogen) atoms. The highest BCUT2D eigenvalue weighted by Gasteiger charge is 2.03. The molecule has 0 unspecified atom stereocenters. The van der Waals surface area contributed by atoms with Gasteiger partial charge in [0.1, 0.15) is 0 Å². The fraction of sp³-hybridized carbons (Fsp3) is 0.765. The lowest BCUT2D eigenvalue weighted by molar-refractivity contribution is -0.577. The van der Waals surface area contributed by atoms with Gasteiger partial charge < -0.3 is 16.3 Å². The van der Waals surface area contributed by atoms with Gasteiger partial charge in [-0.2, -0.15) is 0 Å². The van der Waals surface area contributed by atoms with E-state index in [0.717, 1.165) is 13.0 Å². The average molecular weight is 308 g/mol. The van der Waals surface area contributed by atoms with E-state index in [2.05, 4.69) is 17.2 Å². The second-order valence-corrected chi connectivity index (χ2v) is 5.94. The number of unbranched alkanes of at least 4 members (excludes halogenated alkanes) is 10. The van der Waals surface area contributed by atoms with Gasteiger partial charge in [-0.15, -0.1) is 4.98 Å². The van der Waals surface area contributed by atoms with Crippen LogP contribution in [0.5, 0.6) is 0 Å². The molecule has 0 atom stereocenters. The SMILES string of the molecule is CCCCCCCCCCCCCNc1ccnc(N)[n+]1[O-]. The van der Waals surface area contributed by atoms with Crippen LogP contribution in [0.3, 0.4) is 0 Å². The zero-order valence-corrected chi connectivity index (χ0v) is 14.0. The van der Waals surface area contributed by atoms with E-state index in [0.29, 0.717) is 10.5 Å². The molecule has 0 fully saturated rings. The molecular weight excluding hydrogens is 276 g/mol. The maximum atomic E-state index is 11.6. The van der Waals surface area contributed by atoms with Crippen LogP contribution in [0.2, 0.25) is 0 Å². The third-order valence-corrected chi connectivity index (χ3v) is 3.95. The van der Waals surface area contributed by atoms with Gasteiger partial charge in [0.2, 0.25) is 0 Å². The standard InChI is InChI=1S/C17H32N4O/c1-2-3-4-5-6-7-8-9-10-11-12-14-19-16-13-15-20-17(18)21(16)22/h13,15,19H,2-12,14H2,1H3,(H2,18,20). The van der Waals surface area contributed by atoms with E-state index in [1.807, 2.05) is 0 Å². The first kappa shape index (κ1) is 18.5. The predicted molar refractivity (Wildman–Crippen MR) is 92.6 cm³/mol. The van der Waals surface area contributed by atoms with Gasteiger partial charge in [0.05, 0.1) is 6.20 Å². The minimum absolute atomic E-state index is 0.0102. The van der Waals surface area contributed by atoms with Crippen LogP contribution in [-0.2, 0) is 0 Å². The first-order valence-electron chi connectivity index (χ1n) is 8.83. The smallest absolute Gasteiger partial charge is 0.343 e. The topological polar surface area (TPSA) is 77.9 Å². The van der Waals surface area contributed by atoms with Crippen molar-refractivity contribution in [1.82, 2.24) is 4.98 Å². The minimum atomic E-state index is -0.0102. The molecule has 1 heterocycles. The van der Waals surface area contributed by atoms with Crippen molar-refractivity contribution in [1.29, 1.82) is 0 Å². The number of nitrogen functional groups attached to an aromatic ring is 1. The molecule has 0 saturated carbocycles. The van der Waals surface area contributed by atoms with E-state index < -0.39 is 0 Å². The summed E-state index contributed by atoms with van der Waals surface area (Å²) in [5, 5.41) is 14.7. The Labute approximate surface area is 134 Å². The van der Waals surface area contributed by atoms with Crippen LogP contribution < -0.4 is 15.8 Å². The van der Waals surface area contributed by atoms with Crippen LogP contribution in [0.4, 0.5) is 11.8 Å². The summed E-state index contributed by atoms with van der Waals surface area (Å²) in [5.74, 6) is 0.475. The summed E-state index contributed by atoms with van der Waals surface area (Å²) in [6, 6.07) is 1.65. The third kappa shape index (κ3) is 8.05. The summed E-state index contributed by atoms with van der Waals surface area (Å²) < 4.78 is 0.637. The van der Waals surface area contributed by atoms with E-state index in [9.17, 15) is 5.21 Å². The van der Waals surface area contributed by atoms with Crippen LogP contribution in [-0.4, -0.2) is 11.5 Å². The van der Waals surface area contributed by atoms with Crippen LogP contribution in [0.15, 0.2) is 12.3 Å². The molecule has 0 saturated heterocycles. The molecule has 5 nitrogen and oxygen atoms in total. The van der Waals surface area contributed by atoms with Gasteiger partial charge in [0.15, 0.2) is 5.82 Å². The highest BCUT2D eigenvalue weighted by Crippen LogP contribution is 2.11. The van der Waals surface area contributed by atoms with Crippen molar-refractivity contribution in [2.75, 3.05) is 17.6 Å². The molecule has 0 spiro atoms. The van der Waals surface area contributed by atoms with Gasteiger partial charge in [-0.05, 0) is 6.42 Å². The fourth-order valence-electron chi connectivity index (χ4n) is 2.56. The molecule has 1 aromatic rings. The average Bonchev–Trinajstić information content (AvgIpc) is 2.52. The molecule has 126 valence electrons. The van der Waals surface area contributed by atoms with E-state index in [-0.39, 0.29) is 5.95 Å². The molecule has 0 aliphatic rings. The van der Waals surface area contributed by atoms with Crippen molar-refractivity contribution in [3.8, 4) is 0 Å². The number of hydrogen-bond donors (Lipinski definition) is 2. The zero-order chi connectivity index (χ0) is 16.0. The van der Waals surface area contributed by atoms with Crippen LogP contribution in [0.1, 0.15) is 77.6 Å². The lowest BCUT2D eigenvalue weighted by Crippen LogP contribution is -2.35. The second-order valence-electron chi connectivity index (χ2n) is 5.94. The van der Waals surface area contributed by atoms with Crippen molar-refractivity contribution >= 4 is 11.8 Å². The Bertz CT molecular complexity index is 398. The Hall–Kier alpha value is -1.52. The van der Waals surface area contributed by atoms with Gasteiger partial charge in [-0.3, -0.25) is 0 Å². The number of nitrogens with one attached hydrogen (secondary N) is 1. The van der Waals surface area contributed by atoms with Crippen molar-refractivity contribution < 1.29 is 4.73 Å². The van der Waals surface area contributed by atoms with Crippen LogP contribution >= 0.6 is 0 Å². The number of nitrogens with zero attached hydrogens (tertiary/aromatic N) is 2. The third-order valence-electron chi connectivity index (χ3n) is 3.95. The Balaban J connectivity index is 1.90. The zero-order valence-electron chi connectivity index (χ0n) is 14.0. The van der Waals surface area contributed by atoms with Gasteiger partial charge in [0.25, 0.3) is 0 Å². The number of rotatable bonds is 13. The molecule has 1 aromatic heterocycles. The highest BCUT2D eigenvalue weighted by atomic mass is 16.5. The maximum Gasteiger partial charge on any atom is 0.343 e. The lowest BCUT2D eigenvalue weighted by atomic mass is 10.1. The molecule has 0 aliphatic heterocycles. The fourth-order valence-corrected chi connectivity index (χ4v) is 2.56. The molecule has 0 aliphatic carbocycles. The number of nitrogens with two attached hydrogens (primary N) is 1. The second kappa shape index (κ2) is 12.1. The number of aromatic nitrogens is 2. The maximum absolute atomic E-state index is 11.6. The van der Waals surface area contributed by atoms with Gasteiger partial charge >= 0.3 is 5.95 Å². The van der Waals surface area contributed by atoms with E-state index >= 15 is 0 Å². The van der Waals surface area contributed by atoms with Crippen LogP contribution in [0, 0.1) is 5.21 Å². The molecule has 3 N–H and O–H groups in total. The highest BCUT2D eigenvalue weighted by molar-refractivity contribution is 5.29. The predicted octanol–water partition coefficient (Wildman–Crippen LogP) is 4.02. The number of hydrogen-bond acceptors (Lipinski definition) is 4. The minimum Gasteiger partial charge on any atom is -0.754 e. The van der Waals surface area contributed by atoms with Gasteiger partial charge in [-0.1, -0.05) is 71.1 Å². The van der Waals surface area contributed by atoms with Gasteiger partial charge in [0, 0.05) is 12.6 Å². The quantitative estimate of drug-likeness (QED) is 0.328. The Kier molecular flexibility index (Phi) is 10.2. The van der Waals surface area contributed by atoms with Crippen molar-refractivity contribution in [2.45, 2.75) is 77.6 Å². The van der Waals surface area contributed by atoms with Crippen molar-refractivity contribution in [2.24, 2.45) is 0 Å². The lowest BCUT2D eigenvalue weighted by Gasteiger charge is -2.12. The van der Waals surface area contributed by atoms with E-state index in [1.165, 1.54) is 64.2 Å². The Morgan fingerprint density at radius 2 is 1.55 bits per heavy atom. The van der Waals surface area contributed by atoms with Crippen LogP contribution in [0.25, 0.3) is 0 Å². The molecule has 0 bridgehead atoms. The van der Waals surface area contributed by atoms with Gasteiger partial charge in [-0.25, -0.2) is 4.73 Å². The Morgan fingerprint density at radius 1 is 1.00 bits per heavy atom. The molecule has 0 amide bonds. The molecule has 1 rings (SSSR count). The number of anilines is 2. The van der Waals surface area contributed by atoms with E-state index in [1.54, 1.807) is 12.3 Å². The first-order valence-corrected chi connectivity index (χ1v) is 8.83. The molecule has 0 radical (unpaired) electrons. The van der Waals surface area contributed by atoms with Crippen molar-refractivity contribution in [3.05, 3.63) is 17.5 Å². The van der Waals surface area contributed by atoms with E-state index in [4.69, 9.17) is 5.73 Å². The summed E-state index contributed by atoms with van der Waals surface area (Å²) in [7, 11) is 0. The monoisotopic (exact) mass is 308 g/mol.